The van der Waals surface area contributed by atoms with Gasteiger partial charge in [0.1, 0.15) is 23.6 Å². The molecule has 0 aromatic heterocycles. The molecule has 1 nitrogen and oxygen atoms in total. The SMILES string of the molecule is Cc1cc(F)cc(C)c1C(O)c1ccc(F)cc1F. The molecule has 1 unspecified atom stereocenters. The van der Waals surface area contributed by atoms with Gasteiger partial charge < -0.3 is 5.11 Å². The number of rotatable bonds is 2. The summed E-state index contributed by atoms with van der Waals surface area (Å²) in [6, 6.07) is 5.53. The van der Waals surface area contributed by atoms with E-state index in [2.05, 4.69) is 0 Å². The van der Waals surface area contributed by atoms with E-state index in [0.717, 1.165) is 6.07 Å². The summed E-state index contributed by atoms with van der Waals surface area (Å²) >= 11 is 0. The molecule has 0 spiro atoms. The first-order chi connectivity index (χ1) is 8.90. The highest BCUT2D eigenvalue weighted by Crippen LogP contribution is 2.30. The quantitative estimate of drug-likeness (QED) is 0.876. The molecule has 0 fully saturated rings. The third-order valence-corrected chi connectivity index (χ3v) is 3.09. The van der Waals surface area contributed by atoms with Gasteiger partial charge >= 0.3 is 0 Å². The van der Waals surface area contributed by atoms with Crippen molar-refractivity contribution in [3.05, 3.63) is 70.0 Å². The zero-order chi connectivity index (χ0) is 14.2. The molecule has 0 aliphatic carbocycles. The minimum atomic E-state index is -1.25. The Morgan fingerprint density at radius 2 is 1.47 bits per heavy atom. The zero-order valence-electron chi connectivity index (χ0n) is 10.5. The summed E-state index contributed by atoms with van der Waals surface area (Å²) in [7, 11) is 0. The highest BCUT2D eigenvalue weighted by molar-refractivity contribution is 5.41. The average molecular weight is 266 g/mol. The number of aliphatic hydroxyl groups excluding tert-OH is 1. The monoisotopic (exact) mass is 266 g/mol. The highest BCUT2D eigenvalue weighted by Gasteiger charge is 2.19. The summed E-state index contributed by atoms with van der Waals surface area (Å²) in [5.74, 6) is -1.94. The Balaban J connectivity index is 2.53. The molecule has 0 aliphatic heterocycles. The summed E-state index contributed by atoms with van der Waals surface area (Å²) < 4.78 is 39.7. The van der Waals surface area contributed by atoms with E-state index in [1.807, 2.05) is 0 Å². The molecule has 0 saturated heterocycles. The van der Waals surface area contributed by atoms with Crippen LogP contribution in [-0.4, -0.2) is 5.11 Å². The summed E-state index contributed by atoms with van der Waals surface area (Å²) in [6.07, 6.45) is -1.25. The van der Waals surface area contributed by atoms with Gasteiger partial charge in [-0.2, -0.15) is 0 Å². The first-order valence-electron chi connectivity index (χ1n) is 5.80. The number of benzene rings is 2. The maximum atomic E-state index is 13.7. The molecule has 4 heteroatoms. The third kappa shape index (κ3) is 2.63. The van der Waals surface area contributed by atoms with E-state index in [4.69, 9.17) is 0 Å². The Labute approximate surface area is 109 Å². The van der Waals surface area contributed by atoms with Crippen LogP contribution in [0.25, 0.3) is 0 Å². The van der Waals surface area contributed by atoms with Gasteiger partial charge in [0, 0.05) is 11.6 Å². The van der Waals surface area contributed by atoms with E-state index >= 15 is 0 Å². The van der Waals surface area contributed by atoms with E-state index in [0.29, 0.717) is 22.8 Å². The normalized spacial score (nSPS) is 12.5. The topological polar surface area (TPSA) is 20.2 Å². The number of halogens is 3. The van der Waals surface area contributed by atoms with Crippen LogP contribution in [0.4, 0.5) is 13.2 Å². The molecule has 0 aliphatic rings. The van der Waals surface area contributed by atoms with Gasteiger partial charge in [-0.15, -0.1) is 0 Å². The second-order valence-electron chi connectivity index (χ2n) is 4.52. The van der Waals surface area contributed by atoms with Crippen molar-refractivity contribution in [2.45, 2.75) is 20.0 Å². The van der Waals surface area contributed by atoms with Crippen molar-refractivity contribution in [3.8, 4) is 0 Å². The van der Waals surface area contributed by atoms with E-state index in [1.54, 1.807) is 13.8 Å². The molecule has 0 amide bonds. The van der Waals surface area contributed by atoms with Gasteiger partial charge in [-0.25, -0.2) is 13.2 Å². The van der Waals surface area contributed by atoms with Crippen molar-refractivity contribution < 1.29 is 18.3 Å². The standard InChI is InChI=1S/C15H13F3O/c1-8-5-11(17)6-9(2)14(8)15(19)12-4-3-10(16)7-13(12)18/h3-7,15,19H,1-2H3. The van der Waals surface area contributed by atoms with E-state index in [1.165, 1.54) is 18.2 Å². The van der Waals surface area contributed by atoms with E-state index in [9.17, 15) is 18.3 Å². The van der Waals surface area contributed by atoms with Gasteiger partial charge in [-0.05, 0) is 48.7 Å². The van der Waals surface area contributed by atoms with Crippen molar-refractivity contribution in [2.75, 3.05) is 0 Å². The number of aryl methyl sites for hydroxylation is 2. The van der Waals surface area contributed by atoms with Crippen LogP contribution in [0.2, 0.25) is 0 Å². The summed E-state index contributed by atoms with van der Waals surface area (Å²) in [5, 5.41) is 10.2. The molecular formula is C15H13F3O. The fourth-order valence-electron chi connectivity index (χ4n) is 2.23. The molecule has 1 atom stereocenters. The van der Waals surface area contributed by atoms with E-state index < -0.39 is 23.6 Å². The van der Waals surface area contributed by atoms with Crippen molar-refractivity contribution in [2.24, 2.45) is 0 Å². The average Bonchev–Trinajstić information content (AvgIpc) is 2.26. The van der Waals surface area contributed by atoms with Crippen LogP contribution >= 0.6 is 0 Å². The van der Waals surface area contributed by atoms with Crippen LogP contribution < -0.4 is 0 Å². The van der Waals surface area contributed by atoms with Crippen molar-refractivity contribution >= 4 is 0 Å². The second kappa shape index (κ2) is 5.05. The largest absolute Gasteiger partial charge is 0.384 e. The van der Waals surface area contributed by atoms with Gasteiger partial charge in [0.15, 0.2) is 0 Å². The lowest BCUT2D eigenvalue weighted by atomic mass is 9.93. The van der Waals surface area contributed by atoms with Crippen LogP contribution in [0.1, 0.15) is 28.4 Å². The lowest BCUT2D eigenvalue weighted by Crippen LogP contribution is -2.07. The van der Waals surface area contributed by atoms with Crippen LogP contribution in [0, 0.1) is 31.3 Å². The molecule has 2 aromatic carbocycles. The Morgan fingerprint density at radius 1 is 0.895 bits per heavy atom. The Bertz CT molecular complexity index is 600. The number of hydrogen-bond donors (Lipinski definition) is 1. The van der Waals surface area contributed by atoms with Gasteiger partial charge in [0.05, 0.1) is 0 Å². The Kier molecular flexibility index (Phi) is 3.62. The van der Waals surface area contributed by atoms with Crippen LogP contribution in [0.15, 0.2) is 30.3 Å². The fraction of sp³-hybridized carbons (Fsp3) is 0.200. The molecular weight excluding hydrogens is 253 g/mol. The summed E-state index contributed by atoms with van der Waals surface area (Å²) in [4.78, 5) is 0. The van der Waals surface area contributed by atoms with E-state index in [-0.39, 0.29) is 5.56 Å². The van der Waals surface area contributed by atoms with Crippen LogP contribution in [0.5, 0.6) is 0 Å². The molecule has 0 radical (unpaired) electrons. The maximum Gasteiger partial charge on any atom is 0.132 e. The van der Waals surface area contributed by atoms with Gasteiger partial charge in [-0.3, -0.25) is 0 Å². The van der Waals surface area contributed by atoms with Crippen molar-refractivity contribution in [1.29, 1.82) is 0 Å². The van der Waals surface area contributed by atoms with Gasteiger partial charge in [0.2, 0.25) is 0 Å². The first kappa shape index (κ1) is 13.6. The van der Waals surface area contributed by atoms with Crippen LogP contribution in [0.3, 0.4) is 0 Å². The second-order valence-corrected chi connectivity index (χ2v) is 4.52. The minimum absolute atomic E-state index is 0.0285. The predicted octanol–water partition coefficient (Wildman–Crippen LogP) is 3.80. The molecule has 0 heterocycles. The highest BCUT2D eigenvalue weighted by atomic mass is 19.1. The molecule has 100 valence electrons. The molecule has 0 bridgehead atoms. The predicted molar refractivity (Wildman–Crippen MR) is 66.3 cm³/mol. The molecule has 0 saturated carbocycles. The molecule has 1 N–H and O–H groups in total. The van der Waals surface area contributed by atoms with Gasteiger partial charge in [0.25, 0.3) is 0 Å². The van der Waals surface area contributed by atoms with Crippen molar-refractivity contribution in [3.63, 3.8) is 0 Å². The first-order valence-corrected chi connectivity index (χ1v) is 5.80. The Hall–Kier alpha value is -1.81. The van der Waals surface area contributed by atoms with Crippen LogP contribution in [-0.2, 0) is 0 Å². The Morgan fingerprint density at radius 3 is 2.00 bits per heavy atom. The smallest absolute Gasteiger partial charge is 0.132 e. The minimum Gasteiger partial charge on any atom is -0.384 e. The fourth-order valence-corrected chi connectivity index (χ4v) is 2.23. The molecule has 2 aromatic rings. The maximum absolute atomic E-state index is 13.7. The number of hydrogen-bond acceptors (Lipinski definition) is 1. The van der Waals surface area contributed by atoms with Crippen molar-refractivity contribution in [1.82, 2.24) is 0 Å². The molecule has 19 heavy (non-hydrogen) atoms. The third-order valence-electron chi connectivity index (χ3n) is 3.09. The lowest BCUT2D eigenvalue weighted by molar-refractivity contribution is 0.213. The van der Waals surface area contributed by atoms with Gasteiger partial charge in [-0.1, -0.05) is 6.07 Å². The lowest BCUT2D eigenvalue weighted by Gasteiger charge is -2.17. The molecule has 2 rings (SSSR count). The summed E-state index contributed by atoms with van der Waals surface area (Å²) in [6.45, 7) is 3.27. The zero-order valence-corrected chi connectivity index (χ0v) is 10.5. The number of aliphatic hydroxyl groups is 1. The summed E-state index contributed by atoms with van der Waals surface area (Å²) in [5.41, 5.74) is 1.45.